The van der Waals surface area contributed by atoms with E-state index >= 15 is 0 Å². The normalized spacial score (nSPS) is 15.1. The fraction of sp³-hybridized carbons (Fsp3) is 0.231. The van der Waals surface area contributed by atoms with Gasteiger partial charge in [0, 0.05) is 16.4 Å². The van der Waals surface area contributed by atoms with Gasteiger partial charge in [0.25, 0.3) is 5.91 Å². The lowest BCUT2D eigenvalue weighted by molar-refractivity contribution is -0.119. The van der Waals surface area contributed by atoms with Crippen molar-refractivity contribution in [2.45, 2.75) is 28.7 Å². The molecular formula is C26H25NO5S. The highest BCUT2D eigenvalue weighted by atomic mass is 32.2. The highest BCUT2D eigenvalue weighted by molar-refractivity contribution is 7.99. The van der Waals surface area contributed by atoms with Crippen LogP contribution in [0.25, 0.3) is 0 Å². The summed E-state index contributed by atoms with van der Waals surface area (Å²) in [6.45, 7) is 0.901. The highest BCUT2D eigenvalue weighted by Crippen LogP contribution is 2.33. The molecule has 1 fully saturated rings. The van der Waals surface area contributed by atoms with Crippen molar-refractivity contribution in [3.05, 3.63) is 84.4 Å². The van der Waals surface area contributed by atoms with E-state index in [1.807, 2.05) is 54.6 Å². The Balaban J connectivity index is 1.26. The molecule has 1 amide bonds. The Bertz CT molecular complexity index is 1070. The molecule has 7 heteroatoms. The van der Waals surface area contributed by atoms with Crippen LogP contribution >= 0.6 is 11.8 Å². The first kappa shape index (κ1) is 22.9. The van der Waals surface area contributed by atoms with Gasteiger partial charge in [-0.3, -0.25) is 4.79 Å². The topological polar surface area (TPSA) is 73.9 Å². The van der Waals surface area contributed by atoms with Crippen molar-refractivity contribution in [2.24, 2.45) is 0 Å². The maximum absolute atomic E-state index is 12.4. The van der Waals surface area contributed by atoms with Crippen molar-refractivity contribution in [1.82, 2.24) is 0 Å². The van der Waals surface area contributed by atoms with Gasteiger partial charge in [-0.25, -0.2) is 4.79 Å². The SMILES string of the molecule is O=C(COC(=O)c1ccc(OCC2CCCO2)cc1)Nc1ccccc1Sc1ccccc1. The molecule has 6 nitrogen and oxygen atoms in total. The van der Waals surface area contributed by atoms with Gasteiger partial charge in [-0.05, 0) is 61.4 Å². The van der Waals surface area contributed by atoms with Crippen molar-refractivity contribution in [1.29, 1.82) is 0 Å². The zero-order chi connectivity index (χ0) is 22.9. The van der Waals surface area contributed by atoms with E-state index in [1.165, 1.54) is 0 Å². The maximum atomic E-state index is 12.4. The molecule has 0 aliphatic carbocycles. The van der Waals surface area contributed by atoms with Gasteiger partial charge in [0.05, 0.1) is 17.4 Å². The summed E-state index contributed by atoms with van der Waals surface area (Å²) in [6, 6.07) is 24.1. The van der Waals surface area contributed by atoms with Gasteiger partial charge in [0.1, 0.15) is 12.4 Å². The van der Waals surface area contributed by atoms with Crippen molar-refractivity contribution < 1.29 is 23.8 Å². The standard InChI is InChI=1S/C26H25NO5S/c28-25(27-23-10-4-5-11-24(23)33-22-8-2-1-3-9-22)18-32-26(29)19-12-14-20(15-13-19)31-17-21-7-6-16-30-21/h1-5,8-15,21H,6-7,16-18H2,(H,27,28). The van der Waals surface area contributed by atoms with Crippen LogP contribution in [-0.4, -0.2) is 37.8 Å². The zero-order valence-electron chi connectivity index (χ0n) is 18.1. The number of para-hydroxylation sites is 1. The molecule has 0 radical (unpaired) electrons. The third-order valence-corrected chi connectivity index (χ3v) is 6.10. The predicted octanol–water partition coefficient (Wildman–Crippen LogP) is 5.19. The van der Waals surface area contributed by atoms with Gasteiger partial charge < -0.3 is 19.5 Å². The summed E-state index contributed by atoms with van der Waals surface area (Å²) in [5, 5.41) is 2.82. The molecule has 1 saturated heterocycles. The molecule has 1 aliphatic heterocycles. The summed E-state index contributed by atoms with van der Waals surface area (Å²) in [6.07, 6.45) is 2.19. The zero-order valence-corrected chi connectivity index (χ0v) is 18.9. The van der Waals surface area contributed by atoms with Gasteiger partial charge in [-0.2, -0.15) is 0 Å². The Kier molecular flexibility index (Phi) is 8.00. The summed E-state index contributed by atoms with van der Waals surface area (Å²) in [5.41, 5.74) is 1.02. The number of hydrogen-bond acceptors (Lipinski definition) is 6. The van der Waals surface area contributed by atoms with Crippen LogP contribution in [0.1, 0.15) is 23.2 Å². The monoisotopic (exact) mass is 463 g/mol. The van der Waals surface area contributed by atoms with Crippen LogP contribution in [0.2, 0.25) is 0 Å². The first-order valence-corrected chi connectivity index (χ1v) is 11.6. The second kappa shape index (κ2) is 11.5. The van der Waals surface area contributed by atoms with E-state index < -0.39 is 11.9 Å². The van der Waals surface area contributed by atoms with Crippen molar-refractivity contribution in [3.63, 3.8) is 0 Å². The number of ether oxygens (including phenoxy) is 3. The molecular weight excluding hydrogens is 438 g/mol. The minimum atomic E-state index is -0.567. The molecule has 33 heavy (non-hydrogen) atoms. The second-order valence-corrected chi connectivity index (χ2v) is 8.62. The van der Waals surface area contributed by atoms with Crippen LogP contribution < -0.4 is 10.1 Å². The van der Waals surface area contributed by atoms with E-state index in [0.717, 1.165) is 29.2 Å². The van der Waals surface area contributed by atoms with Crippen LogP contribution in [0.5, 0.6) is 5.75 Å². The summed E-state index contributed by atoms with van der Waals surface area (Å²) in [4.78, 5) is 26.7. The fourth-order valence-electron chi connectivity index (χ4n) is 3.33. The lowest BCUT2D eigenvalue weighted by Crippen LogP contribution is -2.21. The summed E-state index contributed by atoms with van der Waals surface area (Å²) in [5.74, 6) is -0.309. The number of benzene rings is 3. The molecule has 4 rings (SSSR count). The number of anilines is 1. The van der Waals surface area contributed by atoms with Crippen LogP contribution in [0, 0.1) is 0 Å². The number of nitrogens with one attached hydrogen (secondary N) is 1. The van der Waals surface area contributed by atoms with Gasteiger partial charge in [0.15, 0.2) is 6.61 Å². The molecule has 3 aromatic carbocycles. The van der Waals surface area contributed by atoms with Crippen molar-refractivity contribution in [2.75, 3.05) is 25.1 Å². The third kappa shape index (κ3) is 6.84. The molecule has 1 aliphatic rings. The summed E-state index contributed by atoms with van der Waals surface area (Å²) < 4.78 is 16.4. The van der Waals surface area contributed by atoms with Gasteiger partial charge in [-0.1, -0.05) is 42.1 Å². The van der Waals surface area contributed by atoms with E-state index in [-0.39, 0.29) is 12.7 Å². The lowest BCUT2D eigenvalue weighted by Gasteiger charge is -2.12. The average Bonchev–Trinajstić information content (AvgIpc) is 3.37. The number of esters is 1. The van der Waals surface area contributed by atoms with E-state index in [0.29, 0.717) is 23.6 Å². The molecule has 0 spiro atoms. The molecule has 1 heterocycles. The van der Waals surface area contributed by atoms with Crippen LogP contribution in [0.3, 0.4) is 0 Å². The molecule has 1 N–H and O–H groups in total. The Morgan fingerprint density at radius 2 is 1.73 bits per heavy atom. The molecule has 3 aromatic rings. The first-order valence-electron chi connectivity index (χ1n) is 10.8. The number of carbonyl (C=O) groups excluding carboxylic acids is 2. The van der Waals surface area contributed by atoms with Crippen LogP contribution in [0.4, 0.5) is 5.69 Å². The Labute approximate surface area is 197 Å². The molecule has 0 aromatic heterocycles. The maximum Gasteiger partial charge on any atom is 0.338 e. The molecule has 170 valence electrons. The molecule has 1 atom stereocenters. The van der Waals surface area contributed by atoms with Crippen molar-refractivity contribution >= 4 is 29.3 Å². The third-order valence-electron chi connectivity index (χ3n) is 5.02. The largest absolute Gasteiger partial charge is 0.491 e. The Morgan fingerprint density at radius 3 is 2.48 bits per heavy atom. The minimum absolute atomic E-state index is 0.129. The molecule has 0 saturated carbocycles. The van der Waals surface area contributed by atoms with E-state index in [1.54, 1.807) is 36.0 Å². The average molecular weight is 464 g/mol. The lowest BCUT2D eigenvalue weighted by atomic mass is 10.2. The number of hydrogen-bond donors (Lipinski definition) is 1. The quantitative estimate of drug-likeness (QED) is 0.440. The van der Waals surface area contributed by atoms with E-state index in [4.69, 9.17) is 14.2 Å². The number of amides is 1. The van der Waals surface area contributed by atoms with E-state index in [2.05, 4.69) is 5.32 Å². The second-order valence-electron chi connectivity index (χ2n) is 7.51. The highest BCUT2D eigenvalue weighted by Gasteiger charge is 2.16. The van der Waals surface area contributed by atoms with Crippen LogP contribution in [0.15, 0.2) is 88.7 Å². The smallest absolute Gasteiger partial charge is 0.338 e. The Morgan fingerprint density at radius 1 is 0.970 bits per heavy atom. The van der Waals surface area contributed by atoms with Gasteiger partial charge in [-0.15, -0.1) is 0 Å². The van der Waals surface area contributed by atoms with Gasteiger partial charge in [0.2, 0.25) is 0 Å². The van der Waals surface area contributed by atoms with Crippen LogP contribution in [-0.2, 0) is 14.3 Å². The Hall–Kier alpha value is -3.29. The van der Waals surface area contributed by atoms with Crippen molar-refractivity contribution in [3.8, 4) is 5.75 Å². The molecule has 1 unspecified atom stereocenters. The summed E-state index contributed by atoms with van der Waals surface area (Å²) >= 11 is 1.55. The molecule has 0 bridgehead atoms. The predicted molar refractivity (Wildman–Crippen MR) is 127 cm³/mol. The summed E-state index contributed by atoms with van der Waals surface area (Å²) in [7, 11) is 0. The minimum Gasteiger partial charge on any atom is -0.491 e. The first-order chi connectivity index (χ1) is 16.2. The fourth-order valence-corrected chi connectivity index (χ4v) is 4.25. The number of rotatable bonds is 9. The van der Waals surface area contributed by atoms with Gasteiger partial charge >= 0.3 is 5.97 Å². The van der Waals surface area contributed by atoms with E-state index in [9.17, 15) is 9.59 Å². The number of carbonyl (C=O) groups is 2.